The Morgan fingerprint density at radius 1 is 1.33 bits per heavy atom. The largest absolute Gasteiger partial charge is 0.354 e. The summed E-state index contributed by atoms with van der Waals surface area (Å²) < 4.78 is 1.70. The Labute approximate surface area is 158 Å². The number of para-hydroxylation sites is 1. The van der Waals surface area contributed by atoms with Crippen LogP contribution < -0.4 is 10.9 Å². The third-order valence-corrected chi connectivity index (χ3v) is 5.32. The summed E-state index contributed by atoms with van der Waals surface area (Å²) in [5.74, 6) is 1.23. The fraction of sp³-hybridized carbons (Fsp3) is 0.450. The number of anilines is 1. The average molecular weight is 366 g/mol. The highest BCUT2D eigenvalue weighted by Gasteiger charge is 2.21. The minimum absolute atomic E-state index is 0.177. The number of H-pyrrole nitrogens is 1. The van der Waals surface area contributed by atoms with Crippen molar-refractivity contribution < 1.29 is 0 Å². The van der Waals surface area contributed by atoms with Crippen molar-refractivity contribution in [2.45, 2.75) is 32.7 Å². The van der Waals surface area contributed by atoms with Gasteiger partial charge >= 0.3 is 0 Å². The van der Waals surface area contributed by atoms with Crippen LogP contribution >= 0.6 is 0 Å². The molecular formula is C20H26N6O. The molecule has 0 saturated carbocycles. The Bertz CT molecular complexity index is 964. The Balaban J connectivity index is 1.55. The number of nitrogens with one attached hydrogen (secondary N) is 2. The summed E-state index contributed by atoms with van der Waals surface area (Å²) in [6.07, 6.45) is 4.13. The molecule has 4 rings (SSSR count). The van der Waals surface area contributed by atoms with E-state index in [9.17, 15) is 4.79 Å². The molecular weight excluding hydrogens is 340 g/mol. The van der Waals surface area contributed by atoms with Crippen LogP contribution in [0.3, 0.4) is 0 Å². The summed E-state index contributed by atoms with van der Waals surface area (Å²) in [6, 6.07) is 10.1. The van der Waals surface area contributed by atoms with Crippen LogP contribution in [0, 0.1) is 5.92 Å². The van der Waals surface area contributed by atoms with E-state index in [1.165, 1.54) is 12.8 Å². The van der Waals surface area contributed by atoms with Gasteiger partial charge in [0.25, 0.3) is 5.56 Å². The molecule has 0 aliphatic carbocycles. The highest BCUT2D eigenvalue weighted by atomic mass is 16.1. The predicted molar refractivity (Wildman–Crippen MR) is 107 cm³/mol. The van der Waals surface area contributed by atoms with E-state index < -0.39 is 0 Å². The van der Waals surface area contributed by atoms with Crippen LogP contribution in [0.2, 0.25) is 0 Å². The molecule has 1 aromatic carbocycles. The lowest BCUT2D eigenvalue weighted by Gasteiger charge is -2.35. The zero-order valence-electron chi connectivity index (χ0n) is 15.9. The molecule has 0 amide bonds. The molecule has 3 aromatic rings. The lowest BCUT2D eigenvalue weighted by molar-refractivity contribution is 0.144. The first-order chi connectivity index (χ1) is 13.1. The molecule has 2 aromatic heterocycles. The summed E-state index contributed by atoms with van der Waals surface area (Å²) >= 11 is 0. The van der Waals surface area contributed by atoms with Gasteiger partial charge in [0.15, 0.2) is 5.65 Å². The molecule has 142 valence electrons. The first kappa shape index (κ1) is 17.7. The number of hydrogen-bond acceptors (Lipinski definition) is 5. The molecule has 7 nitrogen and oxygen atoms in total. The van der Waals surface area contributed by atoms with Crippen LogP contribution in [0.5, 0.6) is 0 Å². The molecule has 0 bridgehead atoms. The van der Waals surface area contributed by atoms with Gasteiger partial charge in [0.1, 0.15) is 5.39 Å². The zero-order chi connectivity index (χ0) is 18.8. The number of hydrogen-bond donors (Lipinski definition) is 2. The van der Waals surface area contributed by atoms with Crippen molar-refractivity contribution in [3.8, 4) is 5.69 Å². The summed E-state index contributed by atoms with van der Waals surface area (Å²) in [4.78, 5) is 22.4. The number of likely N-dealkylation sites (tertiary alicyclic amines) is 1. The topological polar surface area (TPSA) is 78.8 Å². The van der Waals surface area contributed by atoms with Gasteiger partial charge < -0.3 is 5.32 Å². The van der Waals surface area contributed by atoms with Crippen LogP contribution in [0.25, 0.3) is 16.7 Å². The minimum atomic E-state index is -0.177. The predicted octanol–water partition coefficient (Wildman–Crippen LogP) is 2.64. The molecule has 1 fully saturated rings. The normalized spacial score (nSPS) is 19.3. The van der Waals surface area contributed by atoms with Gasteiger partial charge in [0, 0.05) is 19.1 Å². The number of benzene rings is 1. The number of piperidine rings is 1. The van der Waals surface area contributed by atoms with Gasteiger partial charge in [-0.15, -0.1) is 0 Å². The summed E-state index contributed by atoms with van der Waals surface area (Å²) in [7, 11) is 0. The molecule has 2 atom stereocenters. The van der Waals surface area contributed by atoms with Gasteiger partial charge in [-0.2, -0.15) is 10.1 Å². The van der Waals surface area contributed by atoms with Crippen LogP contribution in [0.15, 0.2) is 41.3 Å². The van der Waals surface area contributed by atoms with Gasteiger partial charge in [0.05, 0.1) is 11.9 Å². The summed E-state index contributed by atoms with van der Waals surface area (Å²) in [5.41, 5.74) is 1.27. The quantitative estimate of drug-likeness (QED) is 0.726. The van der Waals surface area contributed by atoms with E-state index in [-0.39, 0.29) is 5.56 Å². The zero-order valence-corrected chi connectivity index (χ0v) is 15.9. The van der Waals surface area contributed by atoms with Gasteiger partial charge in [0.2, 0.25) is 5.95 Å². The molecule has 3 heterocycles. The van der Waals surface area contributed by atoms with Crippen molar-refractivity contribution in [3.63, 3.8) is 0 Å². The van der Waals surface area contributed by atoms with Crippen molar-refractivity contribution in [2.24, 2.45) is 5.92 Å². The Kier molecular flexibility index (Phi) is 4.94. The second-order valence-electron chi connectivity index (χ2n) is 7.52. The molecule has 2 unspecified atom stereocenters. The SMILES string of the molecule is CC1CCCN(C(C)CNc2nc3c(cnn3-c3ccccc3)c(=O)[nH]2)C1. The maximum Gasteiger partial charge on any atom is 0.263 e. The maximum absolute atomic E-state index is 12.4. The summed E-state index contributed by atoms with van der Waals surface area (Å²) in [5, 5.41) is 8.14. The number of nitrogens with zero attached hydrogens (tertiary/aromatic N) is 4. The van der Waals surface area contributed by atoms with Crippen LogP contribution in [-0.4, -0.2) is 50.3 Å². The Morgan fingerprint density at radius 2 is 2.15 bits per heavy atom. The first-order valence-electron chi connectivity index (χ1n) is 9.63. The smallest absolute Gasteiger partial charge is 0.263 e. The van der Waals surface area contributed by atoms with Crippen LogP contribution in [-0.2, 0) is 0 Å². The molecule has 7 heteroatoms. The second kappa shape index (κ2) is 7.52. The van der Waals surface area contributed by atoms with E-state index in [0.717, 1.165) is 31.2 Å². The van der Waals surface area contributed by atoms with Crippen LogP contribution in [0.1, 0.15) is 26.7 Å². The van der Waals surface area contributed by atoms with E-state index in [1.807, 2.05) is 30.3 Å². The average Bonchev–Trinajstić information content (AvgIpc) is 3.11. The van der Waals surface area contributed by atoms with E-state index in [0.29, 0.717) is 23.0 Å². The third-order valence-electron chi connectivity index (χ3n) is 5.32. The van der Waals surface area contributed by atoms with Crippen molar-refractivity contribution >= 4 is 17.0 Å². The number of aromatic amines is 1. The van der Waals surface area contributed by atoms with Gasteiger partial charge in [-0.25, -0.2) is 4.68 Å². The van der Waals surface area contributed by atoms with Gasteiger partial charge in [-0.3, -0.25) is 14.7 Å². The highest BCUT2D eigenvalue weighted by molar-refractivity contribution is 5.76. The highest BCUT2D eigenvalue weighted by Crippen LogP contribution is 2.18. The molecule has 1 aliphatic rings. The molecule has 0 radical (unpaired) electrons. The fourth-order valence-corrected chi connectivity index (χ4v) is 3.76. The first-order valence-corrected chi connectivity index (χ1v) is 9.63. The van der Waals surface area contributed by atoms with Gasteiger partial charge in [-0.1, -0.05) is 25.1 Å². The van der Waals surface area contributed by atoms with E-state index in [2.05, 4.69) is 39.1 Å². The Hall–Kier alpha value is -2.67. The van der Waals surface area contributed by atoms with E-state index in [1.54, 1.807) is 10.9 Å². The lowest BCUT2D eigenvalue weighted by Crippen LogP contribution is -2.43. The van der Waals surface area contributed by atoms with Gasteiger partial charge in [-0.05, 0) is 44.4 Å². The minimum Gasteiger partial charge on any atom is -0.354 e. The third kappa shape index (κ3) is 3.73. The molecule has 1 saturated heterocycles. The molecule has 0 spiro atoms. The van der Waals surface area contributed by atoms with Crippen molar-refractivity contribution in [3.05, 3.63) is 46.9 Å². The number of rotatable bonds is 5. The van der Waals surface area contributed by atoms with Crippen LogP contribution in [0.4, 0.5) is 5.95 Å². The Morgan fingerprint density at radius 3 is 2.93 bits per heavy atom. The summed E-state index contributed by atoms with van der Waals surface area (Å²) in [6.45, 7) is 7.53. The molecule has 1 aliphatic heterocycles. The van der Waals surface area contributed by atoms with Crippen molar-refractivity contribution in [2.75, 3.05) is 25.0 Å². The standard InChI is InChI=1S/C20H26N6O/c1-14-7-6-10-25(13-14)15(2)11-21-20-23-18-17(19(27)24-20)12-22-26(18)16-8-4-3-5-9-16/h3-5,8-9,12,14-15H,6-7,10-11,13H2,1-2H3,(H2,21,23,24,27). The number of aromatic nitrogens is 4. The monoisotopic (exact) mass is 366 g/mol. The number of fused-ring (bicyclic) bond motifs is 1. The fourth-order valence-electron chi connectivity index (χ4n) is 3.76. The van der Waals surface area contributed by atoms with E-state index >= 15 is 0 Å². The second-order valence-corrected chi connectivity index (χ2v) is 7.52. The molecule has 27 heavy (non-hydrogen) atoms. The van der Waals surface area contributed by atoms with Crippen molar-refractivity contribution in [1.82, 2.24) is 24.6 Å². The lowest BCUT2D eigenvalue weighted by atomic mass is 9.99. The maximum atomic E-state index is 12.4. The molecule has 2 N–H and O–H groups in total. The van der Waals surface area contributed by atoms with Crippen molar-refractivity contribution in [1.29, 1.82) is 0 Å². The van der Waals surface area contributed by atoms with E-state index in [4.69, 9.17) is 0 Å².